The Balaban J connectivity index is 5.32. The first-order valence-corrected chi connectivity index (χ1v) is 42.9. The Morgan fingerprint density at radius 3 is 0.796 bits per heavy atom. The highest BCUT2D eigenvalue weighted by atomic mass is 31.2. The summed E-state index contributed by atoms with van der Waals surface area (Å²) >= 11 is 0. The van der Waals surface area contributed by atoms with Crippen LogP contribution < -0.4 is 0 Å². The average molecular weight is 1430 g/mol. The Labute approximate surface area is 597 Å². The van der Waals surface area contributed by atoms with E-state index in [1.165, 1.54) is 135 Å². The van der Waals surface area contributed by atoms with Crippen molar-refractivity contribution in [2.45, 2.75) is 393 Å². The summed E-state index contributed by atoms with van der Waals surface area (Å²) in [6.45, 7) is 4.88. The third kappa shape index (κ3) is 71.4. The van der Waals surface area contributed by atoms with E-state index in [4.69, 9.17) is 37.0 Å². The molecule has 3 unspecified atom stereocenters. The molecular weight excluding hydrogens is 1280 g/mol. The number of ether oxygens (including phenoxy) is 4. The number of esters is 4. The van der Waals surface area contributed by atoms with Crippen molar-refractivity contribution in [1.82, 2.24) is 0 Å². The number of carbonyl (C=O) groups excluding carboxylic acids is 4. The van der Waals surface area contributed by atoms with Crippen molar-refractivity contribution >= 4 is 39.5 Å². The van der Waals surface area contributed by atoms with Crippen molar-refractivity contribution in [2.24, 2.45) is 0 Å². The summed E-state index contributed by atoms with van der Waals surface area (Å²) in [5.41, 5.74) is 0. The minimum atomic E-state index is -4.97. The number of aliphatic hydroxyl groups excluding tert-OH is 1. The van der Waals surface area contributed by atoms with E-state index in [1.54, 1.807) is 0 Å². The molecule has 0 heterocycles. The van der Waals surface area contributed by atoms with Crippen LogP contribution in [0.3, 0.4) is 0 Å². The number of hydrogen-bond acceptors (Lipinski definition) is 15. The molecule has 0 bridgehead atoms. The van der Waals surface area contributed by atoms with E-state index in [2.05, 4.69) is 76.3 Å². The van der Waals surface area contributed by atoms with Crippen molar-refractivity contribution in [2.75, 3.05) is 39.6 Å². The summed E-state index contributed by atoms with van der Waals surface area (Å²) in [4.78, 5) is 72.9. The van der Waals surface area contributed by atoms with E-state index in [0.29, 0.717) is 25.7 Å². The van der Waals surface area contributed by atoms with Gasteiger partial charge in [0, 0.05) is 25.7 Å². The molecule has 0 aliphatic heterocycles. The molecule has 0 aliphatic rings. The number of phosphoric acid groups is 2. The lowest BCUT2D eigenvalue weighted by Crippen LogP contribution is -2.30. The molecular formula is C79H146O17P2. The normalized spacial score (nSPS) is 14.2. The van der Waals surface area contributed by atoms with Crippen molar-refractivity contribution in [3.63, 3.8) is 0 Å². The molecule has 0 radical (unpaired) electrons. The van der Waals surface area contributed by atoms with Gasteiger partial charge in [0.05, 0.1) is 26.4 Å². The maximum Gasteiger partial charge on any atom is 0.472 e. The maximum atomic E-state index is 13.1. The highest BCUT2D eigenvalue weighted by Crippen LogP contribution is 2.45. The van der Waals surface area contributed by atoms with E-state index >= 15 is 0 Å². The predicted octanol–water partition coefficient (Wildman–Crippen LogP) is 22.9. The van der Waals surface area contributed by atoms with Gasteiger partial charge in [0.15, 0.2) is 12.2 Å². The number of rotatable bonds is 76. The fraction of sp³-hybridized carbons (Fsp3) is 0.848. The lowest BCUT2D eigenvalue weighted by Gasteiger charge is -2.21. The van der Waals surface area contributed by atoms with Gasteiger partial charge in [0.1, 0.15) is 19.3 Å². The fourth-order valence-electron chi connectivity index (χ4n) is 11.1. The van der Waals surface area contributed by atoms with Crippen LogP contribution >= 0.6 is 15.6 Å². The van der Waals surface area contributed by atoms with Crippen molar-refractivity contribution in [3.8, 4) is 0 Å². The zero-order chi connectivity index (χ0) is 71.8. The van der Waals surface area contributed by atoms with Crippen molar-refractivity contribution < 1.29 is 80.2 Å². The van der Waals surface area contributed by atoms with Crippen molar-refractivity contribution in [1.29, 1.82) is 0 Å². The van der Waals surface area contributed by atoms with Gasteiger partial charge in [-0.15, -0.1) is 0 Å². The third-order valence-electron chi connectivity index (χ3n) is 17.3. The van der Waals surface area contributed by atoms with Gasteiger partial charge in [0.25, 0.3) is 0 Å². The molecule has 0 saturated carbocycles. The molecule has 0 aromatic heterocycles. The largest absolute Gasteiger partial charge is 0.472 e. The molecule has 17 nitrogen and oxygen atoms in total. The molecule has 0 aromatic rings. The number of phosphoric ester groups is 2. The zero-order valence-corrected chi connectivity index (χ0v) is 64.5. The van der Waals surface area contributed by atoms with Crippen LogP contribution in [0.2, 0.25) is 0 Å². The quantitative estimate of drug-likeness (QED) is 0.0169. The Hall–Kier alpha value is -2.98. The van der Waals surface area contributed by atoms with Crippen LogP contribution in [0.5, 0.6) is 0 Å². The zero-order valence-electron chi connectivity index (χ0n) is 62.7. The molecule has 574 valence electrons. The molecule has 3 N–H and O–H groups in total. The summed E-state index contributed by atoms with van der Waals surface area (Å²) in [6, 6.07) is 0. The summed E-state index contributed by atoms with van der Waals surface area (Å²) in [5.74, 6) is -2.16. The Morgan fingerprint density at radius 1 is 0.286 bits per heavy atom. The smallest absolute Gasteiger partial charge is 0.462 e. The molecule has 0 rings (SSSR count). The summed E-state index contributed by atoms with van der Waals surface area (Å²) < 4.78 is 68.6. The fourth-order valence-corrected chi connectivity index (χ4v) is 12.7. The SMILES string of the molecule is CCCCCC=CCC=CCCCCCCCC(=O)OC[C@H](COP(=O)(O)OCC(O)COP(=O)(O)OC[C@@H](COC(=O)CCCCCCCCCC=CCCCCCC)OC(=O)CCCCCCCCCCCCCCC)OC(=O)CCCCCCCCCC=CCCCCCC. The molecule has 0 aliphatic carbocycles. The van der Waals surface area contributed by atoms with E-state index in [-0.39, 0.29) is 25.7 Å². The number of aliphatic hydroxyl groups is 1. The molecule has 0 amide bonds. The highest BCUT2D eigenvalue weighted by molar-refractivity contribution is 7.47. The lowest BCUT2D eigenvalue weighted by atomic mass is 10.0. The maximum absolute atomic E-state index is 13.1. The van der Waals surface area contributed by atoms with Crippen LogP contribution in [0, 0.1) is 0 Å². The van der Waals surface area contributed by atoms with Gasteiger partial charge >= 0.3 is 39.5 Å². The van der Waals surface area contributed by atoms with Crippen LogP contribution in [0.4, 0.5) is 0 Å². The van der Waals surface area contributed by atoms with Gasteiger partial charge < -0.3 is 33.8 Å². The van der Waals surface area contributed by atoms with E-state index in [9.17, 15) is 43.2 Å². The number of carbonyl (C=O) groups is 4. The summed E-state index contributed by atoms with van der Waals surface area (Å²) in [6.07, 6.45) is 69.4. The Bertz CT molecular complexity index is 2050. The summed E-state index contributed by atoms with van der Waals surface area (Å²) in [7, 11) is -9.94. The average Bonchev–Trinajstić information content (AvgIpc) is 1.04. The molecule has 0 fully saturated rings. The monoisotopic (exact) mass is 1430 g/mol. The first-order valence-electron chi connectivity index (χ1n) is 39.9. The minimum absolute atomic E-state index is 0.0919. The standard InChI is InChI=1S/C79H146O17P2/c1-5-9-13-17-21-25-29-33-36-40-43-47-51-55-59-63-76(81)89-69-74(95-78(83)65-61-57-53-49-45-39-32-28-24-20-16-12-8-4)71-93-97(85,86)91-67-73(80)68-92-98(87,88)94-72-75(96-79(84)66-62-58-54-50-46-42-38-35-31-27-23-19-15-11-7-3)70-90-77(82)64-60-56-52-48-44-41-37-34-30-26-22-18-14-10-6-2/h22,25-27,29,31,34,37,73-75,80H,5-21,23-24,28,30,32-33,35-36,38-72H2,1-4H3,(H,85,86)(H,87,88)/t73?,74-,75-/m1/s1. The highest BCUT2D eigenvalue weighted by Gasteiger charge is 2.30. The van der Waals surface area contributed by atoms with Crippen LogP contribution in [0.15, 0.2) is 48.6 Å². The van der Waals surface area contributed by atoms with Crippen LogP contribution in [0.25, 0.3) is 0 Å². The molecule has 0 saturated heterocycles. The molecule has 98 heavy (non-hydrogen) atoms. The van der Waals surface area contributed by atoms with Crippen molar-refractivity contribution in [3.05, 3.63) is 48.6 Å². The van der Waals surface area contributed by atoms with E-state index in [1.807, 2.05) is 0 Å². The molecule has 0 aromatic carbocycles. The van der Waals surface area contributed by atoms with Gasteiger partial charge in [-0.25, -0.2) is 9.13 Å². The van der Waals surface area contributed by atoms with Gasteiger partial charge in [-0.1, -0.05) is 288 Å². The lowest BCUT2D eigenvalue weighted by molar-refractivity contribution is -0.161. The Morgan fingerprint density at radius 2 is 0.500 bits per heavy atom. The van der Waals surface area contributed by atoms with Crippen LogP contribution in [-0.4, -0.2) is 96.7 Å². The predicted molar refractivity (Wildman–Crippen MR) is 400 cm³/mol. The first-order chi connectivity index (χ1) is 47.7. The second-order valence-corrected chi connectivity index (χ2v) is 29.9. The number of hydrogen-bond donors (Lipinski definition) is 3. The van der Waals surface area contributed by atoms with Gasteiger partial charge in [-0.05, 0) is 109 Å². The second kappa shape index (κ2) is 72.4. The molecule has 5 atom stereocenters. The van der Waals surface area contributed by atoms with Gasteiger partial charge in [-0.2, -0.15) is 0 Å². The third-order valence-corrected chi connectivity index (χ3v) is 19.2. The minimum Gasteiger partial charge on any atom is -0.462 e. The van der Waals surface area contributed by atoms with Gasteiger partial charge in [0.2, 0.25) is 0 Å². The van der Waals surface area contributed by atoms with Crippen LogP contribution in [-0.2, 0) is 65.4 Å². The first kappa shape index (κ1) is 95.0. The topological polar surface area (TPSA) is 237 Å². The molecule has 19 heteroatoms. The van der Waals surface area contributed by atoms with Crippen LogP contribution in [0.1, 0.15) is 374 Å². The second-order valence-electron chi connectivity index (χ2n) is 27.0. The molecule has 0 spiro atoms. The van der Waals surface area contributed by atoms with E-state index < -0.39 is 97.5 Å². The van der Waals surface area contributed by atoms with E-state index in [0.717, 1.165) is 161 Å². The number of unbranched alkanes of at least 4 members (excludes halogenated alkanes) is 42. The number of allylic oxidation sites excluding steroid dienone is 8. The Kier molecular flexibility index (Phi) is 70.2. The van der Waals surface area contributed by atoms with Gasteiger partial charge in [-0.3, -0.25) is 37.3 Å². The summed E-state index contributed by atoms with van der Waals surface area (Å²) in [5, 5.41) is 10.6.